The monoisotopic (exact) mass is 189 g/mol. The first-order valence-electron chi connectivity index (χ1n) is 5.50. The van der Waals surface area contributed by atoms with Crippen molar-refractivity contribution in [3.05, 3.63) is 35.4 Å². The van der Waals surface area contributed by atoms with Crippen LogP contribution in [0.15, 0.2) is 24.3 Å². The number of nitrogens with two attached hydrogens (primary N) is 1. The van der Waals surface area contributed by atoms with Gasteiger partial charge in [-0.3, -0.25) is 0 Å². The van der Waals surface area contributed by atoms with Gasteiger partial charge in [-0.15, -0.1) is 0 Å². The Kier molecular flexibility index (Phi) is 2.60. The Balaban J connectivity index is 2.13. The van der Waals surface area contributed by atoms with Crippen LogP contribution >= 0.6 is 0 Å². The molecule has 1 nitrogen and oxygen atoms in total. The van der Waals surface area contributed by atoms with E-state index < -0.39 is 0 Å². The molecule has 1 heteroatoms. The summed E-state index contributed by atoms with van der Waals surface area (Å²) in [5, 5.41) is 0. The lowest BCUT2D eigenvalue weighted by molar-refractivity contribution is 0.417. The highest BCUT2D eigenvalue weighted by molar-refractivity contribution is 5.25. The number of hydrogen-bond donors (Lipinski definition) is 1. The summed E-state index contributed by atoms with van der Waals surface area (Å²) >= 11 is 0. The smallest absolute Gasteiger partial charge is 0.0323 e. The van der Waals surface area contributed by atoms with E-state index >= 15 is 0 Å². The molecular weight excluding hydrogens is 170 g/mol. The third-order valence-electron chi connectivity index (χ3n) is 3.36. The molecule has 0 aromatic heterocycles. The second-order valence-electron chi connectivity index (χ2n) is 4.64. The first-order valence-corrected chi connectivity index (χ1v) is 5.50. The summed E-state index contributed by atoms with van der Waals surface area (Å²) in [7, 11) is 0. The normalized spacial score (nSPS) is 20.5. The maximum absolute atomic E-state index is 6.25. The lowest BCUT2D eigenvalue weighted by Gasteiger charge is -2.20. The maximum atomic E-state index is 6.25. The third-order valence-corrected chi connectivity index (χ3v) is 3.36. The van der Waals surface area contributed by atoms with Gasteiger partial charge in [0.25, 0.3) is 0 Å². The minimum Gasteiger partial charge on any atom is -0.324 e. The van der Waals surface area contributed by atoms with Crippen molar-refractivity contribution in [2.45, 2.75) is 32.7 Å². The summed E-state index contributed by atoms with van der Waals surface area (Å²) < 4.78 is 0. The van der Waals surface area contributed by atoms with Crippen molar-refractivity contribution in [3.63, 3.8) is 0 Å². The second-order valence-corrected chi connectivity index (χ2v) is 4.64. The van der Waals surface area contributed by atoms with Gasteiger partial charge >= 0.3 is 0 Å². The molecule has 1 fully saturated rings. The Hall–Kier alpha value is -0.820. The zero-order valence-electron chi connectivity index (χ0n) is 9.03. The zero-order chi connectivity index (χ0) is 10.1. The summed E-state index contributed by atoms with van der Waals surface area (Å²) in [6.45, 7) is 4.41. The van der Waals surface area contributed by atoms with Gasteiger partial charge in [0.1, 0.15) is 0 Å². The Bertz CT molecular complexity index is 315. The molecule has 1 aliphatic carbocycles. The summed E-state index contributed by atoms with van der Waals surface area (Å²) in [6, 6.07) is 8.81. The molecule has 0 spiro atoms. The van der Waals surface area contributed by atoms with E-state index in [0.29, 0.717) is 5.92 Å². The highest BCUT2D eigenvalue weighted by Crippen LogP contribution is 2.41. The van der Waals surface area contributed by atoms with Crippen LogP contribution in [0.1, 0.15) is 36.9 Å². The maximum Gasteiger partial charge on any atom is 0.0323 e. The van der Waals surface area contributed by atoms with E-state index in [0.717, 1.165) is 5.92 Å². The Labute approximate surface area is 86.3 Å². The first-order chi connectivity index (χ1) is 6.68. The highest BCUT2D eigenvalue weighted by Gasteiger charge is 2.32. The van der Waals surface area contributed by atoms with Crippen LogP contribution in [-0.2, 0) is 0 Å². The number of hydrogen-bond acceptors (Lipinski definition) is 1. The van der Waals surface area contributed by atoms with Crippen molar-refractivity contribution < 1.29 is 0 Å². The molecule has 2 unspecified atom stereocenters. The van der Waals surface area contributed by atoms with Gasteiger partial charge < -0.3 is 5.73 Å². The van der Waals surface area contributed by atoms with E-state index in [-0.39, 0.29) is 6.04 Å². The Morgan fingerprint density at radius 3 is 2.64 bits per heavy atom. The van der Waals surface area contributed by atoms with E-state index in [4.69, 9.17) is 5.73 Å². The molecule has 0 radical (unpaired) electrons. The van der Waals surface area contributed by atoms with Crippen LogP contribution in [0.4, 0.5) is 0 Å². The van der Waals surface area contributed by atoms with Gasteiger partial charge in [0.05, 0.1) is 0 Å². The van der Waals surface area contributed by atoms with Gasteiger partial charge in [0, 0.05) is 6.04 Å². The first kappa shape index (κ1) is 9.72. The molecule has 1 aliphatic rings. The lowest BCUT2D eigenvalue weighted by Crippen LogP contribution is -2.20. The molecule has 2 N–H and O–H groups in total. The lowest BCUT2D eigenvalue weighted by atomic mass is 9.91. The van der Waals surface area contributed by atoms with Crippen LogP contribution in [0, 0.1) is 18.8 Å². The van der Waals surface area contributed by atoms with Crippen LogP contribution in [0.5, 0.6) is 0 Å². The van der Waals surface area contributed by atoms with E-state index in [2.05, 4.69) is 38.1 Å². The molecule has 0 amide bonds. The molecule has 2 rings (SSSR count). The van der Waals surface area contributed by atoms with E-state index in [1.54, 1.807) is 0 Å². The predicted molar refractivity (Wildman–Crippen MR) is 60.0 cm³/mol. The fraction of sp³-hybridized carbons (Fsp3) is 0.538. The number of aryl methyl sites for hydroxylation is 1. The van der Waals surface area contributed by atoms with Gasteiger partial charge in [-0.1, -0.05) is 36.8 Å². The van der Waals surface area contributed by atoms with Crippen molar-refractivity contribution in [3.8, 4) is 0 Å². The van der Waals surface area contributed by atoms with Gasteiger partial charge in [-0.2, -0.15) is 0 Å². The number of benzene rings is 1. The minimum absolute atomic E-state index is 0.224. The molecule has 14 heavy (non-hydrogen) atoms. The fourth-order valence-electron chi connectivity index (χ4n) is 2.10. The molecule has 0 saturated heterocycles. The fourth-order valence-corrected chi connectivity index (χ4v) is 2.10. The molecule has 0 heterocycles. The second kappa shape index (κ2) is 3.74. The number of rotatable bonds is 3. The molecular formula is C13H19N. The minimum atomic E-state index is 0.224. The van der Waals surface area contributed by atoms with Gasteiger partial charge in [-0.25, -0.2) is 0 Å². The van der Waals surface area contributed by atoms with Crippen molar-refractivity contribution in [2.75, 3.05) is 0 Å². The molecule has 2 atom stereocenters. The zero-order valence-corrected chi connectivity index (χ0v) is 9.03. The van der Waals surface area contributed by atoms with Gasteiger partial charge in [0.15, 0.2) is 0 Å². The molecule has 0 aliphatic heterocycles. The van der Waals surface area contributed by atoms with Crippen molar-refractivity contribution in [1.82, 2.24) is 0 Å². The summed E-state index contributed by atoms with van der Waals surface area (Å²) in [5.74, 6) is 1.52. The quantitative estimate of drug-likeness (QED) is 0.777. The van der Waals surface area contributed by atoms with E-state index in [1.807, 2.05) is 0 Å². The molecule has 1 saturated carbocycles. The highest BCUT2D eigenvalue weighted by atomic mass is 14.7. The van der Waals surface area contributed by atoms with Crippen molar-refractivity contribution in [2.24, 2.45) is 17.6 Å². The molecule has 1 aromatic rings. The van der Waals surface area contributed by atoms with Gasteiger partial charge in [0.2, 0.25) is 0 Å². The van der Waals surface area contributed by atoms with Crippen LogP contribution in [0.25, 0.3) is 0 Å². The predicted octanol–water partition coefficient (Wildman–Crippen LogP) is 3.04. The average Bonchev–Trinajstić information content (AvgIpc) is 2.99. The average molecular weight is 189 g/mol. The standard InChI is InChI=1S/C13H19N/c1-9-4-3-5-12(8-9)13(14)10(2)11-6-7-11/h3-5,8,10-11,13H,6-7,14H2,1-2H3. The summed E-state index contributed by atoms with van der Waals surface area (Å²) in [6.07, 6.45) is 2.75. The largest absolute Gasteiger partial charge is 0.324 e. The molecule has 0 bridgehead atoms. The summed E-state index contributed by atoms with van der Waals surface area (Å²) in [4.78, 5) is 0. The van der Waals surface area contributed by atoms with Crippen molar-refractivity contribution >= 4 is 0 Å². The topological polar surface area (TPSA) is 26.0 Å². The Morgan fingerprint density at radius 1 is 1.36 bits per heavy atom. The van der Waals surface area contributed by atoms with E-state index in [9.17, 15) is 0 Å². The Morgan fingerprint density at radius 2 is 2.07 bits per heavy atom. The molecule has 1 aromatic carbocycles. The molecule has 76 valence electrons. The van der Waals surface area contributed by atoms with Crippen LogP contribution in [0.2, 0.25) is 0 Å². The summed E-state index contributed by atoms with van der Waals surface area (Å²) in [5.41, 5.74) is 8.85. The van der Waals surface area contributed by atoms with Crippen LogP contribution in [-0.4, -0.2) is 0 Å². The third kappa shape index (κ3) is 1.98. The van der Waals surface area contributed by atoms with E-state index in [1.165, 1.54) is 24.0 Å². The van der Waals surface area contributed by atoms with Crippen LogP contribution in [0.3, 0.4) is 0 Å². The van der Waals surface area contributed by atoms with Gasteiger partial charge in [-0.05, 0) is 37.2 Å². The SMILES string of the molecule is Cc1cccc(C(N)C(C)C2CC2)c1. The van der Waals surface area contributed by atoms with Crippen LogP contribution < -0.4 is 5.73 Å². The van der Waals surface area contributed by atoms with Crippen molar-refractivity contribution in [1.29, 1.82) is 0 Å².